The molecule has 12 aromatic rings. The number of benzene rings is 8. The van der Waals surface area contributed by atoms with Crippen LogP contribution in [0.5, 0.6) is 0 Å². The molecular formula is C50H33N2O2Si-. The summed E-state index contributed by atoms with van der Waals surface area (Å²) in [5.74, 6) is 0. The number of furan rings is 2. The molecule has 4 heterocycles. The van der Waals surface area contributed by atoms with Crippen LogP contribution in [0.1, 0.15) is 0 Å². The third kappa shape index (κ3) is 4.45. The molecular weight excluding hydrogens is 689 g/mol. The van der Waals surface area contributed by atoms with Crippen LogP contribution in [-0.4, -0.2) is 17.9 Å². The first kappa shape index (κ1) is 30.6. The zero-order valence-electron chi connectivity index (χ0n) is 30.3. The van der Waals surface area contributed by atoms with Crippen molar-refractivity contribution in [1.29, 1.82) is 0 Å². The second-order valence-electron chi connectivity index (χ2n) is 14.9. The van der Waals surface area contributed by atoms with Gasteiger partial charge in [-0.15, -0.1) is 0 Å². The van der Waals surface area contributed by atoms with Crippen molar-refractivity contribution < 1.29 is 8.83 Å². The summed E-state index contributed by atoms with van der Waals surface area (Å²) in [6.07, 6.45) is 0. The summed E-state index contributed by atoms with van der Waals surface area (Å²) < 4.78 is 17.7. The van der Waals surface area contributed by atoms with Crippen molar-refractivity contribution in [2.24, 2.45) is 0 Å². The highest BCUT2D eigenvalue weighted by molar-refractivity contribution is 6.71. The highest BCUT2D eigenvalue weighted by Gasteiger charge is 2.20. The molecule has 55 heavy (non-hydrogen) atoms. The Labute approximate surface area is 317 Å². The number of nitrogens with zero attached hydrogens (tertiary/aromatic N) is 2. The molecule has 4 aromatic heterocycles. The van der Waals surface area contributed by atoms with Crippen molar-refractivity contribution in [1.82, 2.24) is 9.13 Å². The first-order valence-corrected chi connectivity index (χ1v) is 21.3. The minimum absolute atomic E-state index is 0.605. The van der Waals surface area contributed by atoms with E-state index >= 15 is 0 Å². The maximum atomic E-state index is 6.52. The number of hydrogen-bond acceptors (Lipinski definition) is 2. The lowest BCUT2D eigenvalue weighted by Gasteiger charge is -2.18. The largest absolute Gasteiger partial charge is 0.456 e. The molecule has 0 fully saturated rings. The fourth-order valence-corrected chi connectivity index (χ4v) is 9.76. The van der Waals surface area contributed by atoms with Gasteiger partial charge in [-0.05, 0) is 83.9 Å². The standard InChI is InChI=1S/C50H33N2O2Si/c1-55(2)34-19-22-48-40(25-34)42-27-39-37-24-31(18-21-44(37)52(33-13-7-4-8-14-33)46(39)29-50(42)54-48)30-17-20-43-36(23-30)38-26-41-35-15-9-10-16-47(35)53-49(41)28-45(38)51(43)32-11-5-3-6-12-32/h3-29H,1-2H3/q-1. The normalized spacial score (nSPS) is 12.2. The molecule has 0 aliphatic rings. The Morgan fingerprint density at radius 2 is 0.818 bits per heavy atom. The number of rotatable bonds is 4. The minimum Gasteiger partial charge on any atom is -0.456 e. The van der Waals surface area contributed by atoms with Crippen molar-refractivity contribution in [2.45, 2.75) is 13.1 Å². The lowest BCUT2D eigenvalue weighted by Crippen LogP contribution is -2.21. The number of aromatic nitrogens is 2. The molecule has 260 valence electrons. The van der Waals surface area contributed by atoms with Crippen LogP contribution >= 0.6 is 0 Å². The molecule has 0 bridgehead atoms. The number of hydrogen-bond donors (Lipinski definition) is 0. The number of para-hydroxylation sites is 3. The molecule has 0 aliphatic heterocycles. The minimum atomic E-state index is -0.605. The van der Waals surface area contributed by atoms with Gasteiger partial charge in [-0.2, -0.15) is 18.3 Å². The van der Waals surface area contributed by atoms with Gasteiger partial charge < -0.3 is 18.0 Å². The number of fused-ring (bicyclic) bond motifs is 12. The molecule has 5 heteroatoms. The summed E-state index contributed by atoms with van der Waals surface area (Å²) in [5, 5.41) is 10.9. The predicted octanol–water partition coefficient (Wildman–Crippen LogP) is 13.3. The second-order valence-corrected chi connectivity index (χ2v) is 17.5. The van der Waals surface area contributed by atoms with E-state index < -0.39 is 8.80 Å². The van der Waals surface area contributed by atoms with Gasteiger partial charge in [0.2, 0.25) is 0 Å². The van der Waals surface area contributed by atoms with Gasteiger partial charge in [0, 0.05) is 66.6 Å². The van der Waals surface area contributed by atoms with Crippen LogP contribution in [0.25, 0.3) is 110 Å². The summed E-state index contributed by atoms with van der Waals surface area (Å²) >= 11 is 0. The van der Waals surface area contributed by atoms with Crippen LogP contribution in [0.3, 0.4) is 0 Å². The Bertz CT molecular complexity index is 3510. The molecule has 0 saturated carbocycles. The van der Waals surface area contributed by atoms with Crippen LogP contribution in [-0.2, 0) is 0 Å². The topological polar surface area (TPSA) is 36.1 Å². The van der Waals surface area contributed by atoms with Gasteiger partial charge in [-0.3, -0.25) is 8.80 Å². The van der Waals surface area contributed by atoms with Crippen LogP contribution in [0, 0.1) is 0 Å². The Morgan fingerprint density at radius 3 is 1.38 bits per heavy atom. The average molecular weight is 722 g/mol. The van der Waals surface area contributed by atoms with Crippen molar-refractivity contribution in [2.75, 3.05) is 0 Å². The maximum Gasteiger partial charge on any atom is 0.137 e. The monoisotopic (exact) mass is 721 g/mol. The smallest absolute Gasteiger partial charge is 0.137 e. The molecule has 8 aromatic carbocycles. The zero-order valence-corrected chi connectivity index (χ0v) is 31.3. The van der Waals surface area contributed by atoms with E-state index in [2.05, 4.69) is 180 Å². The Balaban J connectivity index is 1.12. The van der Waals surface area contributed by atoms with Crippen LogP contribution in [0.15, 0.2) is 173 Å². The Kier molecular flexibility index (Phi) is 6.31. The van der Waals surface area contributed by atoms with Gasteiger partial charge in [0.15, 0.2) is 0 Å². The van der Waals surface area contributed by atoms with E-state index in [4.69, 9.17) is 8.83 Å². The van der Waals surface area contributed by atoms with Crippen molar-refractivity contribution in [3.8, 4) is 22.5 Å². The molecule has 0 aliphatic carbocycles. The average Bonchev–Trinajstić information content (AvgIpc) is 3.96. The van der Waals surface area contributed by atoms with Gasteiger partial charge >= 0.3 is 0 Å². The van der Waals surface area contributed by atoms with Gasteiger partial charge in [0.05, 0.1) is 22.1 Å². The third-order valence-corrected chi connectivity index (χ3v) is 13.0. The van der Waals surface area contributed by atoms with E-state index in [-0.39, 0.29) is 0 Å². The van der Waals surface area contributed by atoms with Gasteiger partial charge in [-0.1, -0.05) is 78.9 Å². The Hall–Kier alpha value is -6.82. The van der Waals surface area contributed by atoms with Gasteiger partial charge in [-0.25, -0.2) is 0 Å². The van der Waals surface area contributed by atoms with Crippen LogP contribution in [0.2, 0.25) is 13.1 Å². The fraction of sp³-hybridized carbons (Fsp3) is 0.0400. The highest BCUT2D eigenvalue weighted by atomic mass is 28.3. The third-order valence-electron chi connectivity index (χ3n) is 11.6. The van der Waals surface area contributed by atoms with Crippen molar-refractivity contribution in [3.63, 3.8) is 0 Å². The van der Waals surface area contributed by atoms with Crippen molar-refractivity contribution >= 4 is 101 Å². The predicted molar refractivity (Wildman–Crippen MR) is 232 cm³/mol. The summed E-state index contributed by atoms with van der Waals surface area (Å²) in [5.41, 5.74) is 12.9. The summed E-state index contributed by atoms with van der Waals surface area (Å²) in [4.78, 5) is 0. The molecule has 0 atom stereocenters. The highest BCUT2D eigenvalue weighted by Crippen LogP contribution is 2.42. The first-order chi connectivity index (χ1) is 27.1. The summed E-state index contributed by atoms with van der Waals surface area (Å²) in [6, 6.07) is 59.4. The quantitative estimate of drug-likeness (QED) is 0.170. The van der Waals surface area contributed by atoms with Gasteiger partial charge in [0.1, 0.15) is 22.3 Å². The first-order valence-electron chi connectivity index (χ1n) is 18.8. The fourth-order valence-electron chi connectivity index (χ4n) is 8.91. The zero-order chi connectivity index (χ0) is 36.4. The molecule has 0 spiro atoms. The van der Waals surface area contributed by atoms with Crippen LogP contribution in [0.4, 0.5) is 0 Å². The molecule has 0 radical (unpaired) electrons. The lowest BCUT2D eigenvalue weighted by molar-refractivity contribution is 0.669. The van der Waals surface area contributed by atoms with E-state index in [0.29, 0.717) is 0 Å². The van der Waals surface area contributed by atoms with Gasteiger partial charge in [0.25, 0.3) is 0 Å². The molecule has 0 N–H and O–H groups in total. The van der Waals surface area contributed by atoms with Crippen LogP contribution < -0.4 is 5.19 Å². The Morgan fingerprint density at radius 1 is 0.345 bits per heavy atom. The van der Waals surface area contributed by atoms with Crippen molar-refractivity contribution in [3.05, 3.63) is 164 Å². The van der Waals surface area contributed by atoms with E-state index in [9.17, 15) is 0 Å². The molecule has 0 amide bonds. The second kappa shape index (κ2) is 11.3. The van der Waals surface area contributed by atoms with E-state index in [1.807, 2.05) is 6.07 Å². The van der Waals surface area contributed by atoms with E-state index in [1.165, 1.54) is 59.7 Å². The molecule has 4 nitrogen and oxygen atoms in total. The SMILES string of the molecule is C[Si-](C)c1ccc2oc3cc4c(cc3c2c1)c1cc(-c2ccc3c(c2)c2cc5c(cc2n3-c2ccccc2)oc2ccccc25)ccc1n4-c1ccccc1. The molecule has 0 unspecified atom stereocenters. The van der Waals surface area contributed by atoms with E-state index in [0.717, 1.165) is 55.5 Å². The summed E-state index contributed by atoms with van der Waals surface area (Å²) in [7, 11) is -0.605. The van der Waals surface area contributed by atoms with E-state index in [1.54, 1.807) is 0 Å². The lowest BCUT2D eigenvalue weighted by atomic mass is 10.00. The molecule has 12 rings (SSSR count). The summed E-state index contributed by atoms with van der Waals surface area (Å²) in [6.45, 7) is 4.69. The maximum absolute atomic E-state index is 6.52. The molecule has 0 saturated heterocycles.